The highest BCUT2D eigenvalue weighted by molar-refractivity contribution is 5.40. The fourth-order valence-electron chi connectivity index (χ4n) is 2.48. The first-order valence-corrected chi connectivity index (χ1v) is 8.08. The smallest absolute Gasteiger partial charge is 0.0892 e. The summed E-state index contributed by atoms with van der Waals surface area (Å²) in [6, 6.07) is 2.84. The van der Waals surface area contributed by atoms with Crippen molar-refractivity contribution in [2.45, 2.75) is 83.5 Å². The Labute approximate surface area is 113 Å². The average molecular weight is 250 g/mol. The van der Waals surface area contributed by atoms with Crippen LogP contribution < -0.4 is 0 Å². The molecule has 0 saturated heterocycles. The molecule has 0 aromatic carbocycles. The average Bonchev–Trinajstić information content (AvgIpc) is 2.39. The zero-order valence-corrected chi connectivity index (χ0v) is 12.0. The minimum absolute atomic E-state index is 0.920. The van der Waals surface area contributed by atoms with Gasteiger partial charge in [0.15, 0.2) is 0 Å². The van der Waals surface area contributed by atoms with Crippen LogP contribution >= 0.6 is 0 Å². The molecule has 0 aliphatic carbocycles. The molecule has 1 aliphatic heterocycles. The zero-order chi connectivity index (χ0) is 12.7. The van der Waals surface area contributed by atoms with Gasteiger partial charge in [-0.1, -0.05) is 70.6 Å². The zero-order valence-electron chi connectivity index (χ0n) is 12.0. The standard InChI is InChI=1S/C16H30N2/c1-2-4-6-8-10-12-14-17-16-18-15-13-11-9-7-5-3-1/h1-15H2. The molecule has 104 valence electrons. The molecule has 2 nitrogen and oxygen atoms in total. The molecule has 0 atom stereocenters. The van der Waals surface area contributed by atoms with E-state index in [1.165, 1.54) is 83.5 Å². The maximum atomic E-state index is 4.22. The molecule has 2 heteroatoms. The number of aliphatic imine (C=N–C) groups is 2. The maximum absolute atomic E-state index is 4.22. The van der Waals surface area contributed by atoms with Gasteiger partial charge in [-0.15, -0.1) is 0 Å². The molecular weight excluding hydrogens is 220 g/mol. The summed E-state index contributed by atoms with van der Waals surface area (Å²) < 4.78 is 0. The van der Waals surface area contributed by atoms with Crippen LogP contribution in [0.5, 0.6) is 0 Å². The van der Waals surface area contributed by atoms with Crippen molar-refractivity contribution in [1.29, 1.82) is 0 Å². The second-order valence-electron chi connectivity index (χ2n) is 5.46. The van der Waals surface area contributed by atoms with Crippen molar-refractivity contribution in [3.8, 4) is 0 Å². The lowest BCUT2D eigenvalue weighted by Gasteiger charge is -2.02. The van der Waals surface area contributed by atoms with Crippen LogP contribution in [-0.4, -0.2) is 19.1 Å². The van der Waals surface area contributed by atoms with E-state index in [0.29, 0.717) is 0 Å². The Hall–Kier alpha value is -0.620. The van der Waals surface area contributed by atoms with E-state index in [-0.39, 0.29) is 0 Å². The lowest BCUT2D eigenvalue weighted by atomic mass is 10.0. The third-order valence-corrected chi connectivity index (χ3v) is 3.68. The Morgan fingerprint density at radius 1 is 0.389 bits per heavy atom. The van der Waals surface area contributed by atoms with Crippen LogP contribution in [0, 0.1) is 0 Å². The molecule has 0 unspecified atom stereocenters. The van der Waals surface area contributed by atoms with Crippen LogP contribution in [-0.2, 0) is 0 Å². The summed E-state index contributed by atoms with van der Waals surface area (Å²) in [5.41, 5.74) is 0. The summed E-state index contributed by atoms with van der Waals surface area (Å²) in [5.74, 6) is 0. The molecule has 0 saturated carbocycles. The predicted molar refractivity (Wildman–Crippen MR) is 79.6 cm³/mol. The minimum Gasteiger partial charge on any atom is -0.226 e. The SMILES string of the molecule is C1=NCCCCCCCCCCCCCCCN=1. The van der Waals surface area contributed by atoms with Gasteiger partial charge in [-0.3, -0.25) is 0 Å². The summed E-state index contributed by atoms with van der Waals surface area (Å²) in [6.45, 7) is 1.84. The Balaban J connectivity index is 2.13. The van der Waals surface area contributed by atoms with E-state index in [4.69, 9.17) is 0 Å². The summed E-state index contributed by atoms with van der Waals surface area (Å²) in [4.78, 5) is 8.44. The Kier molecular flexibility index (Phi) is 11.0. The van der Waals surface area contributed by atoms with Gasteiger partial charge in [0.1, 0.15) is 0 Å². The fourth-order valence-corrected chi connectivity index (χ4v) is 2.48. The second-order valence-corrected chi connectivity index (χ2v) is 5.46. The molecule has 0 spiro atoms. The molecule has 1 rings (SSSR count). The van der Waals surface area contributed by atoms with Crippen molar-refractivity contribution < 1.29 is 0 Å². The van der Waals surface area contributed by atoms with E-state index in [2.05, 4.69) is 16.0 Å². The normalized spacial score (nSPS) is 22.2. The fraction of sp³-hybridized carbons (Fsp3) is 0.938. The minimum atomic E-state index is 0.920. The van der Waals surface area contributed by atoms with E-state index in [1.54, 1.807) is 0 Å². The molecule has 18 heavy (non-hydrogen) atoms. The van der Waals surface area contributed by atoms with Crippen molar-refractivity contribution >= 4 is 6.01 Å². The third kappa shape index (κ3) is 10.5. The van der Waals surface area contributed by atoms with Crippen LogP contribution in [0.2, 0.25) is 0 Å². The highest BCUT2D eigenvalue weighted by atomic mass is 14.8. The Bertz CT molecular complexity index is 209. The summed E-state index contributed by atoms with van der Waals surface area (Å²) >= 11 is 0. The van der Waals surface area contributed by atoms with Crippen molar-refractivity contribution in [3.05, 3.63) is 0 Å². The molecule has 0 aromatic heterocycles. The van der Waals surface area contributed by atoms with Gasteiger partial charge in [-0.25, -0.2) is 9.98 Å². The largest absolute Gasteiger partial charge is 0.226 e. The van der Waals surface area contributed by atoms with Gasteiger partial charge < -0.3 is 0 Å². The highest BCUT2D eigenvalue weighted by Crippen LogP contribution is 2.12. The lowest BCUT2D eigenvalue weighted by Crippen LogP contribution is -1.86. The van der Waals surface area contributed by atoms with Crippen molar-refractivity contribution in [2.75, 3.05) is 13.1 Å². The van der Waals surface area contributed by atoms with Crippen LogP contribution in [0.15, 0.2) is 9.98 Å². The summed E-state index contributed by atoms with van der Waals surface area (Å²) in [6.07, 6.45) is 17.9. The first-order chi connectivity index (χ1) is 9.00. The van der Waals surface area contributed by atoms with Gasteiger partial charge in [0, 0.05) is 13.1 Å². The van der Waals surface area contributed by atoms with Crippen LogP contribution in [0.4, 0.5) is 0 Å². The van der Waals surface area contributed by atoms with E-state index < -0.39 is 0 Å². The first-order valence-electron chi connectivity index (χ1n) is 8.08. The van der Waals surface area contributed by atoms with E-state index >= 15 is 0 Å². The quantitative estimate of drug-likeness (QED) is 0.561. The van der Waals surface area contributed by atoms with Gasteiger partial charge in [0.2, 0.25) is 0 Å². The molecule has 1 heterocycles. The van der Waals surface area contributed by atoms with Crippen molar-refractivity contribution in [2.24, 2.45) is 9.98 Å². The molecule has 0 fully saturated rings. The third-order valence-electron chi connectivity index (χ3n) is 3.68. The molecule has 1 aliphatic rings. The Morgan fingerprint density at radius 2 is 0.667 bits per heavy atom. The second kappa shape index (κ2) is 12.8. The van der Waals surface area contributed by atoms with Crippen LogP contribution in [0.3, 0.4) is 0 Å². The van der Waals surface area contributed by atoms with E-state index in [9.17, 15) is 0 Å². The van der Waals surface area contributed by atoms with Crippen molar-refractivity contribution in [3.63, 3.8) is 0 Å². The number of nitrogens with zero attached hydrogens (tertiary/aromatic N) is 2. The van der Waals surface area contributed by atoms with Gasteiger partial charge >= 0.3 is 0 Å². The maximum Gasteiger partial charge on any atom is 0.0892 e. The molecule has 0 bridgehead atoms. The van der Waals surface area contributed by atoms with E-state index in [0.717, 1.165) is 13.1 Å². The van der Waals surface area contributed by atoms with Crippen LogP contribution in [0.1, 0.15) is 83.5 Å². The number of rotatable bonds is 0. The van der Waals surface area contributed by atoms with Crippen LogP contribution in [0.25, 0.3) is 0 Å². The number of hydrogen-bond acceptors (Lipinski definition) is 2. The summed E-state index contributed by atoms with van der Waals surface area (Å²) in [7, 11) is 0. The summed E-state index contributed by atoms with van der Waals surface area (Å²) in [5, 5.41) is 0. The van der Waals surface area contributed by atoms with Crippen molar-refractivity contribution in [1.82, 2.24) is 0 Å². The molecule has 0 radical (unpaired) electrons. The predicted octanol–water partition coefficient (Wildman–Crippen LogP) is 5.25. The van der Waals surface area contributed by atoms with Gasteiger partial charge in [0.25, 0.3) is 0 Å². The van der Waals surface area contributed by atoms with Gasteiger partial charge in [0.05, 0.1) is 6.01 Å². The topological polar surface area (TPSA) is 24.7 Å². The molecule has 0 aromatic rings. The first kappa shape index (κ1) is 15.4. The molecule has 0 N–H and O–H groups in total. The van der Waals surface area contributed by atoms with Gasteiger partial charge in [-0.05, 0) is 12.8 Å². The molecular formula is C16H30N2. The number of hydrogen-bond donors (Lipinski definition) is 0. The van der Waals surface area contributed by atoms with Gasteiger partial charge in [-0.2, -0.15) is 0 Å². The monoisotopic (exact) mass is 250 g/mol. The molecule has 0 amide bonds. The highest BCUT2D eigenvalue weighted by Gasteiger charge is 1.94. The van der Waals surface area contributed by atoms with E-state index in [1.807, 2.05) is 0 Å². The lowest BCUT2D eigenvalue weighted by molar-refractivity contribution is 0.538. The Morgan fingerprint density at radius 3 is 1.00 bits per heavy atom.